The lowest BCUT2D eigenvalue weighted by molar-refractivity contribution is 0.321. The second-order valence-corrected chi connectivity index (χ2v) is 10.7. The first-order valence-electron chi connectivity index (χ1n) is 11.8. The number of hydrogen-bond acceptors (Lipinski definition) is 6. The number of nitrogens with zero attached hydrogens (tertiary/aromatic N) is 2. The van der Waals surface area contributed by atoms with E-state index in [-0.39, 0.29) is 12.4 Å². The van der Waals surface area contributed by atoms with Crippen molar-refractivity contribution < 1.29 is 8.42 Å². The molecule has 0 unspecified atom stereocenters. The van der Waals surface area contributed by atoms with E-state index in [9.17, 15) is 8.42 Å². The number of nitrogens with one attached hydrogen (secondary N) is 2. The zero-order chi connectivity index (χ0) is 23.5. The van der Waals surface area contributed by atoms with Crippen molar-refractivity contribution in [1.82, 2.24) is 14.7 Å². The number of para-hydroxylation sites is 1. The van der Waals surface area contributed by atoms with Gasteiger partial charge >= 0.3 is 0 Å². The first kappa shape index (κ1) is 25.2. The smallest absolute Gasteiger partial charge is 0.241 e. The lowest BCUT2D eigenvalue weighted by atomic mass is 9.84. The first-order valence-corrected chi connectivity index (χ1v) is 13.2. The van der Waals surface area contributed by atoms with Gasteiger partial charge in [-0.15, -0.1) is 12.4 Å². The van der Waals surface area contributed by atoms with Crippen molar-refractivity contribution in [2.75, 3.05) is 17.6 Å². The monoisotopic (exact) mass is 511 g/mol. The molecule has 0 radical (unpaired) electrons. The Morgan fingerprint density at radius 1 is 0.857 bits per heavy atom. The molecule has 0 spiro atoms. The number of halogens is 1. The zero-order valence-electron chi connectivity index (χ0n) is 19.4. The Balaban J connectivity index is 0.00000289. The van der Waals surface area contributed by atoms with Gasteiger partial charge < -0.3 is 11.1 Å². The molecule has 1 heterocycles. The average molecular weight is 512 g/mol. The van der Waals surface area contributed by atoms with Gasteiger partial charge in [0, 0.05) is 23.4 Å². The van der Waals surface area contributed by atoms with E-state index < -0.39 is 10.0 Å². The van der Waals surface area contributed by atoms with Gasteiger partial charge in [0.25, 0.3) is 0 Å². The van der Waals surface area contributed by atoms with Crippen molar-refractivity contribution in [3.8, 4) is 0 Å². The predicted octanol–water partition coefficient (Wildman–Crippen LogP) is 5.13. The molecule has 1 aliphatic carbocycles. The Morgan fingerprint density at radius 2 is 1.54 bits per heavy atom. The summed E-state index contributed by atoms with van der Waals surface area (Å²) in [6.45, 7) is 0.443. The number of fused-ring (bicyclic) bond motifs is 2. The van der Waals surface area contributed by atoms with Crippen molar-refractivity contribution in [3.63, 3.8) is 0 Å². The molecule has 4 N–H and O–H groups in total. The van der Waals surface area contributed by atoms with Gasteiger partial charge in [0.15, 0.2) is 0 Å². The average Bonchev–Trinajstić information content (AvgIpc) is 2.85. The molecule has 0 atom stereocenters. The Kier molecular flexibility index (Phi) is 7.74. The van der Waals surface area contributed by atoms with Crippen LogP contribution in [0, 0.1) is 5.92 Å². The summed E-state index contributed by atoms with van der Waals surface area (Å²) in [5.74, 6) is 1.55. The molecule has 1 aliphatic rings. The molecule has 1 fully saturated rings. The summed E-state index contributed by atoms with van der Waals surface area (Å²) in [6.07, 6.45) is 4.90. The summed E-state index contributed by atoms with van der Waals surface area (Å²) in [7, 11) is -3.55. The molecular formula is C26H30ClN5O2S. The number of rotatable bonds is 7. The van der Waals surface area contributed by atoms with Crippen LogP contribution in [0.25, 0.3) is 21.7 Å². The summed E-state index contributed by atoms with van der Waals surface area (Å²) in [6, 6.07) is 21.0. The van der Waals surface area contributed by atoms with Crippen LogP contribution in [0.5, 0.6) is 0 Å². The lowest BCUT2D eigenvalue weighted by Gasteiger charge is -2.29. The number of sulfonamides is 1. The highest BCUT2D eigenvalue weighted by atomic mass is 35.5. The maximum Gasteiger partial charge on any atom is 0.241 e. The van der Waals surface area contributed by atoms with Gasteiger partial charge in [0.05, 0.1) is 10.4 Å². The molecule has 0 amide bonds. The van der Waals surface area contributed by atoms with Gasteiger partial charge in [0.2, 0.25) is 16.0 Å². The fourth-order valence-corrected chi connectivity index (χ4v) is 6.12. The molecule has 9 heteroatoms. The van der Waals surface area contributed by atoms with E-state index in [0.29, 0.717) is 35.2 Å². The van der Waals surface area contributed by atoms with Crippen LogP contribution in [-0.4, -0.2) is 31.0 Å². The third-order valence-corrected chi connectivity index (χ3v) is 8.22. The molecule has 0 saturated heterocycles. The number of nitrogens with two attached hydrogens (primary N) is 1. The second-order valence-electron chi connectivity index (χ2n) is 8.98. The number of benzene rings is 3. The summed E-state index contributed by atoms with van der Waals surface area (Å²) in [5.41, 5.74) is 6.94. The summed E-state index contributed by atoms with van der Waals surface area (Å²) in [4.78, 5) is 9.36. The van der Waals surface area contributed by atoms with Crippen LogP contribution in [0.3, 0.4) is 0 Å². The predicted molar refractivity (Wildman–Crippen MR) is 144 cm³/mol. The highest BCUT2D eigenvalue weighted by Gasteiger charge is 2.23. The maximum absolute atomic E-state index is 12.9. The minimum absolute atomic E-state index is 0. The maximum atomic E-state index is 12.9. The number of anilines is 2. The molecule has 0 aliphatic heterocycles. The topological polar surface area (TPSA) is 110 Å². The quantitative estimate of drug-likeness (QED) is 0.317. The molecule has 1 aromatic heterocycles. The Morgan fingerprint density at radius 3 is 2.34 bits per heavy atom. The second kappa shape index (κ2) is 10.8. The number of nitrogen functional groups attached to an aromatic ring is 1. The summed E-state index contributed by atoms with van der Waals surface area (Å²) in [5, 5.41) is 5.98. The normalized spacial score (nSPS) is 18.3. The fourth-order valence-electron chi connectivity index (χ4n) is 4.85. The van der Waals surface area contributed by atoms with Crippen LogP contribution in [0.4, 0.5) is 11.8 Å². The fraction of sp³-hybridized carbons (Fsp3) is 0.308. The van der Waals surface area contributed by atoms with E-state index in [1.807, 2.05) is 54.6 Å². The SMILES string of the molecule is Cl.Nc1nc(NC2CCC(CCNS(=O)(=O)c3cccc4ccccc34)CC2)nc2ccccc12. The molecule has 1 saturated carbocycles. The van der Waals surface area contributed by atoms with Crippen LogP contribution in [0.15, 0.2) is 71.6 Å². The van der Waals surface area contributed by atoms with Gasteiger partial charge in [-0.25, -0.2) is 18.1 Å². The van der Waals surface area contributed by atoms with Crippen molar-refractivity contribution >= 4 is 55.9 Å². The standard InChI is InChI=1S/C26H29N5O2S.ClH/c27-25-22-9-3-4-10-23(22)30-26(31-25)29-20-14-12-18(13-15-20)16-17-28-34(32,33)24-11-5-7-19-6-1-2-8-21(19)24;/h1-11,18,20,28H,12-17H2,(H3,27,29,30,31);1H. The van der Waals surface area contributed by atoms with E-state index >= 15 is 0 Å². The third-order valence-electron chi connectivity index (χ3n) is 6.70. The highest BCUT2D eigenvalue weighted by molar-refractivity contribution is 7.89. The molecular weight excluding hydrogens is 482 g/mol. The number of aromatic nitrogens is 2. The highest BCUT2D eigenvalue weighted by Crippen LogP contribution is 2.29. The Bertz CT molecular complexity index is 1420. The van der Waals surface area contributed by atoms with Crippen LogP contribution in [0.2, 0.25) is 0 Å². The molecule has 3 aromatic carbocycles. The van der Waals surface area contributed by atoms with Crippen molar-refractivity contribution in [2.24, 2.45) is 5.92 Å². The molecule has 184 valence electrons. The molecule has 5 rings (SSSR count). The first-order chi connectivity index (χ1) is 16.5. The molecule has 35 heavy (non-hydrogen) atoms. The van der Waals surface area contributed by atoms with Gasteiger partial charge in [0.1, 0.15) is 5.82 Å². The lowest BCUT2D eigenvalue weighted by Crippen LogP contribution is -2.30. The van der Waals surface area contributed by atoms with Gasteiger partial charge in [-0.2, -0.15) is 4.98 Å². The van der Waals surface area contributed by atoms with Crippen molar-refractivity contribution in [1.29, 1.82) is 0 Å². The van der Waals surface area contributed by atoms with Crippen LogP contribution < -0.4 is 15.8 Å². The minimum Gasteiger partial charge on any atom is -0.383 e. The largest absolute Gasteiger partial charge is 0.383 e. The zero-order valence-corrected chi connectivity index (χ0v) is 21.0. The number of hydrogen-bond donors (Lipinski definition) is 3. The summed E-state index contributed by atoms with van der Waals surface area (Å²) >= 11 is 0. The Hall–Kier alpha value is -2.94. The van der Waals surface area contributed by atoms with Gasteiger partial charge in [-0.1, -0.05) is 48.5 Å². The van der Waals surface area contributed by atoms with E-state index in [1.54, 1.807) is 12.1 Å². The van der Waals surface area contributed by atoms with E-state index in [4.69, 9.17) is 5.73 Å². The van der Waals surface area contributed by atoms with Gasteiger partial charge in [-0.3, -0.25) is 0 Å². The van der Waals surface area contributed by atoms with Crippen LogP contribution in [-0.2, 0) is 10.0 Å². The van der Waals surface area contributed by atoms with Crippen molar-refractivity contribution in [2.45, 2.75) is 43.0 Å². The van der Waals surface area contributed by atoms with E-state index in [0.717, 1.165) is 53.8 Å². The summed E-state index contributed by atoms with van der Waals surface area (Å²) < 4.78 is 28.6. The molecule has 7 nitrogen and oxygen atoms in total. The van der Waals surface area contributed by atoms with E-state index in [2.05, 4.69) is 20.0 Å². The minimum atomic E-state index is -3.55. The molecule has 0 bridgehead atoms. The Labute approximate surface area is 212 Å². The van der Waals surface area contributed by atoms with Crippen LogP contribution >= 0.6 is 12.4 Å². The van der Waals surface area contributed by atoms with Gasteiger partial charge in [-0.05, 0) is 61.6 Å². The molecule has 4 aromatic rings. The van der Waals surface area contributed by atoms with Crippen molar-refractivity contribution in [3.05, 3.63) is 66.7 Å². The van der Waals surface area contributed by atoms with E-state index in [1.165, 1.54) is 0 Å². The third kappa shape index (κ3) is 5.66. The van der Waals surface area contributed by atoms with Crippen LogP contribution in [0.1, 0.15) is 32.1 Å².